The van der Waals surface area contributed by atoms with Gasteiger partial charge in [-0.05, 0) is 38.1 Å². The van der Waals surface area contributed by atoms with Gasteiger partial charge in [-0.25, -0.2) is 0 Å². The number of benzene rings is 1. The average molecular weight is 315 g/mol. The highest BCUT2D eigenvalue weighted by molar-refractivity contribution is 9.10. The maximum Gasteiger partial charge on any atom is 0.0718 e. The van der Waals surface area contributed by atoms with Crippen molar-refractivity contribution >= 4 is 15.9 Å². The number of halogens is 1. The van der Waals surface area contributed by atoms with Crippen LogP contribution in [0, 0.1) is 0 Å². The lowest BCUT2D eigenvalue weighted by Crippen LogP contribution is -2.42. The van der Waals surface area contributed by atoms with E-state index in [1.54, 1.807) is 0 Å². The maximum absolute atomic E-state index is 9.96. The van der Waals surface area contributed by atoms with E-state index in [-0.39, 0.29) is 6.04 Å². The van der Waals surface area contributed by atoms with Gasteiger partial charge < -0.3 is 10.8 Å². The standard InChI is InChI=1S/C14H23BrN2O/c1-4-17(10-14(2,3)18)13(9-16)11-5-7-12(15)8-6-11/h5-8,13,18H,4,9-10,16H2,1-3H3. The first kappa shape index (κ1) is 15.6. The molecule has 0 saturated heterocycles. The smallest absolute Gasteiger partial charge is 0.0718 e. The van der Waals surface area contributed by atoms with Crippen LogP contribution in [-0.4, -0.2) is 35.2 Å². The van der Waals surface area contributed by atoms with E-state index in [2.05, 4.69) is 39.9 Å². The zero-order chi connectivity index (χ0) is 13.8. The van der Waals surface area contributed by atoms with Crippen molar-refractivity contribution < 1.29 is 5.11 Å². The number of hydrogen-bond donors (Lipinski definition) is 2. The first-order valence-corrected chi connectivity index (χ1v) is 7.08. The summed E-state index contributed by atoms with van der Waals surface area (Å²) in [5.74, 6) is 0. The Labute approximate surface area is 118 Å². The highest BCUT2D eigenvalue weighted by atomic mass is 79.9. The topological polar surface area (TPSA) is 49.5 Å². The van der Waals surface area contributed by atoms with Gasteiger partial charge in [-0.15, -0.1) is 0 Å². The van der Waals surface area contributed by atoms with Gasteiger partial charge in [-0.3, -0.25) is 4.90 Å². The van der Waals surface area contributed by atoms with Crippen LogP contribution in [0.5, 0.6) is 0 Å². The van der Waals surface area contributed by atoms with Gasteiger partial charge in [-0.2, -0.15) is 0 Å². The number of hydrogen-bond acceptors (Lipinski definition) is 3. The van der Waals surface area contributed by atoms with Crippen LogP contribution in [0.3, 0.4) is 0 Å². The third-order valence-electron chi connectivity index (χ3n) is 2.92. The minimum atomic E-state index is -0.710. The summed E-state index contributed by atoms with van der Waals surface area (Å²) in [7, 11) is 0. The molecule has 3 nitrogen and oxygen atoms in total. The molecule has 0 spiro atoms. The summed E-state index contributed by atoms with van der Waals surface area (Å²) >= 11 is 3.43. The third-order valence-corrected chi connectivity index (χ3v) is 3.44. The van der Waals surface area contributed by atoms with E-state index in [9.17, 15) is 5.11 Å². The Morgan fingerprint density at radius 3 is 2.28 bits per heavy atom. The Morgan fingerprint density at radius 2 is 1.89 bits per heavy atom. The Bertz CT molecular complexity index is 359. The second kappa shape index (κ2) is 6.66. The van der Waals surface area contributed by atoms with Crippen molar-refractivity contribution in [1.29, 1.82) is 0 Å². The van der Waals surface area contributed by atoms with Crippen LogP contribution < -0.4 is 5.73 Å². The Morgan fingerprint density at radius 1 is 1.33 bits per heavy atom. The minimum Gasteiger partial charge on any atom is -0.389 e. The molecule has 102 valence electrons. The molecule has 18 heavy (non-hydrogen) atoms. The molecule has 0 bridgehead atoms. The molecule has 0 aliphatic carbocycles. The fourth-order valence-electron chi connectivity index (χ4n) is 2.12. The third kappa shape index (κ3) is 4.69. The first-order valence-electron chi connectivity index (χ1n) is 6.29. The number of likely N-dealkylation sites (N-methyl/N-ethyl adjacent to an activating group) is 1. The van der Waals surface area contributed by atoms with E-state index >= 15 is 0 Å². The van der Waals surface area contributed by atoms with Gasteiger partial charge in [0, 0.05) is 23.6 Å². The second-order valence-electron chi connectivity index (χ2n) is 5.18. The summed E-state index contributed by atoms with van der Waals surface area (Å²) < 4.78 is 1.06. The Kier molecular flexibility index (Phi) is 5.79. The average Bonchev–Trinajstić information content (AvgIpc) is 2.29. The van der Waals surface area contributed by atoms with Gasteiger partial charge in [0.25, 0.3) is 0 Å². The van der Waals surface area contributed by atoms with Crippen LogP contribution in [0.25, 0.3) is 0 Å². The van der Waals surface area contributed by atoms with Crippen LogP contribution in [-0.2, 0) is 0 Å². The summed E-state index contributed by atoms with van der Waals surface area (Å²) in [5, 5.41) is 9.96. The van der Waals surface area contributed by atoms with Crippen molar-refractivity contribution in [3.63, 3.8) is 0 Å². The molecule has 0 radical (unpaired) electrons. The van der Waals surface area contributed by atoms with Crippen molar-refractivity contribution in [3.8, 4) is 0 Å². The molecule has 1 unspecified atom stereocenters. The summed E-state index contributed by atoms with van der Waals surface area (Å²) in [6.07, 6.45) is 0. The minimum absolute atomic E-state index is 0.148. The number of nitrogens with two attached hydrogens (primary N) is 1. The largest absolute Gasteiger partial charge is 0.389 e. The quantitative estimate of drug-likeness (QED) is 0.848. The normalized spacial score (nSPS) is 13.9. The molecule has 3 N–H and O–H groups in total. The van der Waals surface area contributed by atoms with E-state index < -0.39 is 5.60 Å². The summed E-state index contributed by atoms with van der Waals surface area (Å²) in [6, 6.07) is 8.35. The lowest BCUT2D eigenvalue weighted by molar-refractivity contribution is 0.0235. The Balaban J connectivity index is 2.89. The molecule has 1 atom stereocenters. The van der Waals surface area contributed by atoms with Crippen molar-refractivity contribution in [2.75, 3.05) is 19.6 Å². The van der Waals surface area contributed by atoms with Crippen LogP contribution in [0.4, 0.5) is 0 Å². The van der Waals surface area contributed by atoms with E-state index in [0.717, 1.165) is 11.0 Å². The summed E-state index contributed by atoms with van der Waals surface area (Å²) in [6.45, 7) is 7.76. The van der Waals surface area contributed by atoms with Gasteiger partial charge in [0.2, 0.25) is 0 Å². The predicted octanol–water partition coefficient (Wildman–Crippen LogP) is 2.54. The van der Waals surface area contributed by atoms with Gasteiger partial charge in [0.15, 0.2) is 0 Å². The van der Waals surface area contributed by atoms with Crippen LogP contribution in [0.2, 0.25) is 0 Å². The van der Waals surface area contributed by atoms with Gasteiger partial charge in [0.1, 0.15) is 0 Å². The lowest BCUT2D eigenvalue weighted by Gasteiger charge is -2.34. The molecule has 0 aliphatic heterocycles. The molecular formula is C14H23BrN2O. The molecule has 0 amide bonds. The SMILES string of the molecule is CCN(CC(C)(C)O)C(CN)c1ccc(Br)cc1. The molecule has 0 saturated carbocycles. The number of nitrogens with zero attached hydrogens (tertiary/aromatic N) is 1. The van der Waals surface area contributed by atoms with E-state index in [0.29, 0.717) is 13.1 Å². The maximum atomic E-state index is 9.96. The molecule has 1 aromatic carbocycles. The van der Waals surface area contributed by atoms with Crippen molar-refractivity contribution in [2.45, 2.75) is 32.4 Å². The van der Waals surface area contributed by atoms with Crippen molar-refractivity contribution in [1.82, 2.24) is 4.90 Å². The van der Waals surface area contributed by atoms with E-state index in [1.165, 1.54) is 5.56 Å². The fourth-order valence-corrected chi connectivity index (χ4v) is 2.38. The zero-order valence-electron chi connectivity index (χ0n) is 11.4. The fraction of sp³-hybridized carbons (Fsp3) is 0.571. The summed E-state index contributed by atoms with van der Waals surface area (Å²) in [4.78, 5) is 2.21. The monoisotopic (exact) mass is 314 g/mol. The molecule has 1 rings (SSSR count). The van der Waals surface area contributed by atoms with Crippen LogP contribution in [0.1, 0.15) is 32.4 Å². The molecule has 0 aliphatic rings. The van der Waals surface area contributed by atoms with Gasteiger partial charge in [0.05, 0.1) is 5.60 Å². The molecular weight excluding hydrogens is 292 g/mol. The first-order chi connectivity index (χ1) is 8.37. The van der Waals surface area contributed by atoms with Crippen molar-refractivity contribution in [3.05, 3.63) is 34.3 Å². The van der Waals surface area contributed by atoms with E-state index in [4.69, 9.17) is 5.73 Å². The Hall–Kier alpha value is -0.420. The zero-order valence-corrected chi connectivity index (χ0v) is 12.9. The van der Waals surface area contributed by atoms with E-state index in [1.807, 2.05) is 26.0 Å². The summed E-state index contributed by atoms with van der Waals surface area (Å²) in [5.41, 5.74) is 6.38. The molecule has 1 aromatic rings. The molecule has 0 heterocycles. The van der Waals surface area contributed by atoms with Crippen LogP contribution >= 0.6 is 15.9 Å². The molecule has 0 aromatic heterocycles. The number of rotatable bonds is 6. The molecule has 0 fully saturated rings. The molecule has 4 heteroatoms. The van der Waals surface area contributed by atoms with Gasteiger partial charge in [-0.1, -0.05) is 35.0 Å². The van der Waals surface area contributed by atoms with Crippen molar-refractivity contribution in [2.24, 2.45) is 5.73 Å². The second-order valence-corrected chi connectivity index (χ2v) is 6.09. The highest BCUT2D eigenvalue weighted by Gasteiger charge is 2.23. The predicted molar refractivity (Wildman–Crippen MR) is 79.5 cm³/mol. The lowest BCUT2D eigenvalue weighted by atomic mass is 10.0. The number of aliphatic hydroxyl groups is 1. The van der Waals surface area contributed by atoms with Crippen LogP contribution in [0.15, 0.2) is 28.7 Å². The van der Waals surface area contributed by atoms with Gasteiger partial charge >= 0.3 is 0 Å². The highest BCUT2D eigenvalue weighted by Crippen LogP contribution is 2.23.